The molecule has 1 heterocycles. The summed E-state index contributed by atoms with van der Waals surface area (Å²) in [5.74, 6) is 2.49. The second-order valence-electron chi connectivity index (χ2n) is 7.26. The van der Waals surface area contributed by atoms with Gasteiger partial charge in [-0.2, -0.15) is 0 Å². The van der Waals surface area contributed by atoms with E-state index >= 15 is 0 Å². The molecule has 1 aromatic heterocycles. The fourth-order valence-corrected chi connectivity index (χ4v) is 2.72. The Kier molecular flexibility index (Phi) is 10.7. The number of rotatable bonds is 11. The number of aliphatic hydroxyl groups is 1. The van der Waals surface area contributed by atoms with E-state index in [-0.39, 0.29) is 12.7 Å². The molecule has 0 aliphatic heterocycles. The largest absolute Gasteiger partial charge is 0.475 e. The average Bonchev–Trinajstić information content (AvgIpc) is 2.57. The third kappa shape index (κ3) is 9.61. The number of hydrogen-bond donors (Lipinski definition) is 3. The van der Waals surface area contributed by atoms with Crippen molar-refractivity contribution in [3.8, 4) is 5.88 Å². The van der Waals surface area contributed by atoms with Crippen LogP contribution in [0, 0.1) is 11.8 Å². The standard InChI is InChI=1S/C20H36N4O2/c1-6-21-20(23-12-17(9-10-25)11-15(2)3)24-14-18-7-8-19(22-13-18)26-16(4)5/h7-8,13,15-17,25H,6,9-12,14H2,1-5H3,(H2,21,23,24). The lowest BCUT2D eigenvalue weighted by Gasteiger charge is -2.20. The van der Waals surface area contributed by atoms with Crippen LogP contribution in [0.15, 0.2) is 23.3 Å². The molecule has 0 saturated heterocycles. The number of nitrogens with zero attached hydrogens (tertiary/aromatic N) is 2. The van der Waals surface area contributed by atoms with E-state index in [0.717, 1.165) is 37.5 Å². The van der Waals surface area contributed by atoms with Crippen molar-refractivity contribution in [3.05, 3.63) is 23.9 Å². The number of ether oxygens (including phenoxy) is 1. The summed E-state index contributed by atoms with van der Waals surface area (Å²) in [6, 6.07) is 3.87. The Balaban J connectivity index is 2.61. The van der Waals surface area contributed by atoms with Gasteiger partial charge in [0.05, 0.1) is 12.6 Å². The minimum Gasteiger partial charge on any atom is -0.475 e. The van der Waals surface area contributed by atoms with E-state index in [1.54, 1.807) is 6.20 Å². The first kappa shape index (κ1) is 22.2. The second kappa shape index (κ2) is 12.5. The van der Waals surface area contributed by atoms with Crippen molar-refractivity contribution in [3.63, 3.8) is 0 Å². The molecular formula is C20H36N4O2. The van der Waals surface area contributed by atoms with Crippen LogP contribution in [0.5, 0.6) is 5.88 Å². The molecule has 0 amide bonds. The number of nitrogens with one attached hydrogen (secondary N) is 2. The summed E-state index contributed by atoms with van der Waals surface area (Å²) in [5.41, 5.74) is 1.03. The van der Waals surface area contributed by atoms with E-state index in [9.17, 15) is 5.11 Å². The third-order valence-electron chi connectivity index (χ3n) is 3.82. The van der Waals surface area contributed by atoms with Gasteiger partial charge in [-0.15, -0.1) is 0 Å². The number of hydrogen-bond acceptors (Lipinski definition) is 4. The Morgan fingerprint density at radius 2 is 2.00 bits per heavy atom. The van der Waals surface area contributed by atoms with Gasteiger partial charge in [0.1, 0.15) is 0 Å². The average molecular weight is 365 g/mol. The molecule has 0 saturated carbocycles. The van der Waals surface area contributed by atoms with Gasteiger partial charge in [0.2, 0.25) is 5.88 Å². The van der Waals surface area contributed by atoms with E-state index in [0.29, 0.717) is 24.3 Å². The van der Waals surface area contributed by atoms with Crippen molar-refractivity contribution in [1.82, 2.24) is 15.6 Å². The fraction of sp³-hybridized carbons (Fsp3) is 0.700. The highest BCUT2D eigenvalue weighted by Crippen LogP contribution is 2.14. The summed E-state index contributed by atoms with van der Waals surface area (Å²) in [6.45, 7) is 12.8. The molecular weight excluding hydrogens is 328 g/mol. The molecule has 0 radical (unpaired) electrons. The molecule has 148 valence electrons. The molecule has 0 aliphatic rings. The van der Waals surface area contributed by atoms with Crippen LogP contribution in [0.3, 0.4) is 0 Å². The third-order valence-corrected chi connectivity index (χ3v) is 3.82. The number of pyridine rings is 1. The van der Waals surface area contributed by atoms with E-state index in [4.69, 9.17) is 4.74 Å². The highest BCUT2D eigenvalue weighted by atomic mass is 16.5. The minimum absolute atomic E-state index is 0.119. The molecule has 1 unspecified atom stereocenters. The number of guanidine groups is 1. The van der Waals surface area contributed by atoms with Gasteiger partial charge in [0.15, 0.2) is 5.96 Å². The number of aliphatic imine (C=N–C) groups is 1. The van der Waals surface area contributed by atoms with Crippen LogP contribution in [0.4, 0.5) is 0 Å². The Labute approximate surface area is 158 Å². The van der Waals surface area contributed by atoms with Gasteiger partial charge >= 0.3 is 0 Å². The second-order valence-corrected chi connectivity index (χ2v) is 7.26. The van der Waals surface area contributed by atoms with Crippen molar-refractivity contribution in [2.45, 2.75) is 60.1 Å². The Bertz CT molecular complexity index is 515. The molecule has 1 rings (SSSR count). The van der Waals surface area contributed by atoms with Crippen LogP contribution in [-0.2, 0) is 6.54 Å². The minimum atomic E-state index is 0.119. The lowest BCUT2D eigenvalue weighted by Crippen LogP contribution is -2.40. The van der Waals surface area contributed by atoms with Gasteiger partial charge in [-0.1, -0.05) is 19.9 Å². The predicted molar refractivity (Wildman–Crippen MR) is 107 cm³/mol. The lowest BCUT2D eigenvalue weighted by atomic mass is 9.94. The highest BCUT2D eigenvalue weighted by Gasteiger charge is 2.11. The number of aromatic nitrogens is 1. The zero-order chi connectivity index (χ0) is 19.4. The first-order valence-corrected chi connectivity index (χ1v) is 9.69. The first-order valence-electron chi connectivity index (χ1n) is 9.69. The van der Waals surface area contributed by atoms with Gasteiger partial charge in [0, 0.05) is 32.0 Å². The quantitative estimate of drug-likeness (QED) is 0.416. The van der Waals surface area contributed by atoms with E-state index in [1.165, 1.54) is 0 Å². The normalized spacial score (nSPS) is 13.2. The zero-order valence-electron chi connectivity index (χ0n) is 17.0. The smallest absolute Gasteiger partial charge is 0.213 e. The molecule has 0 fully saturated rings. The maximum absolute atomic E-state index is 9.26. The number of aliphatic hydroxyl groups excluding tert-OH is 1. The maximum Gasteiger partial charge on any atom is 0.213 e. The van der Waals surface area contributed by atoms with Gasteiger partial charge in [-0.05, 0) is 51.0 Å². The topological polar surface area (TPSA) is 78.8 Å². The molecule has 3 N–H and O–H groups in total. The summed E-state index contributed by atoms with van der Waals surface area (Å²) in [6.07, 6.45) is 3.83. The van der Waals surface area contributed by atoms with Gasteiger partial charge < -0.3 is 20.5 Å². The fourth-order valence-electron chi connectivity index (χ4n) is 2.72. The zero-order valence-corrected chi connectivity index (χ0v) is 17.0. The summed E-state index contributed by atoms with van der Waals surface area (Å²) in [4.78, 5) is 8.95. The Morgan fingerprint density at radius 1 is 1.23 bits per heavy atom. The van der Waals surface area contributed by atoms with Crippen LogP contribution >= 0.6 is 0 Å². The molecule has 0 aliphatic carbocycles. The summed E-state index contributed by atoms with van der Waals surface area (Å²) >= 11 is 0. The molecule has 0 spiro atoms. The van der Waals surface area contributed by atoms with Crippen LogP contribution < -0.4 is 15.4 Å². The highest BCUT2D eigenvalue weighted by molar-refractivity contribution is 5.79. The monoisotopic (exact) mass is 364 g/mol. The summed E-state index contributed by atoms with van der Waals surface area (Å²) in [5, 5.41) is 15.9. The van der Waals surface area contributed by atoms with Gasteiger partial charge in [-0.25, -0.2) is 9.98 Å². The summed E-state index contributed by atoms with van der Waals surface area (Å²) < 4.78 is 5.56. The van der Waals surface area contributed by atoms with E-state index < -0.39 is 0 Å². The summed E-state index contributed by atoms with van der Waals surface area (Å²) in [7, 11) is 0. The van der Waals surface area contributed by atoms with Crippen LogP contribution in [0.25, 0.3) is 0 Å². The Hall–Kier alpha value is -1.82. The molecule has 26 heavy (non-hydrogen) atoms. The van der Waals surface area contributed by atoms with Crippen molar-refractivity contribution < 1.29 is 9.84 Å². The predicted octanol–water partition coefficient (Wildman–Crippen LogP) is 2.97. The van der Waals surface area contributed by atoms with Crippen molar-refractivity contribution in [2.24, 2.45) is 16.8 Å². The van der Waals surface area contributed by atoms with Gasteiger partial charge in [-0.3, -0.25) is 0 Å². The van der Waals surface area contributed by atoms with Gasteiger partial charge in [0.25, 0.3) is 0 Å². The van der Waals surface area contributed by atoms with Crippen LogP contribution in [0.1, 0.15) is 53.0 Å². The lowest BCUT2D eigenvalue weighted by molar-refractivity contribution is 0.232. The molecule has 0 aromatic carbocycles. The SMILES string of the molecule is CCNC(=NCc1ccc(OC(C)C)nc1)NCC(CCO)CC(C)C. The molecule has 6 nitrogen and oxygen atoms in total. The van der Waals surface area contributed by atoms with Crippen molar-refractivity contribution in [2.75, 3.05) is 19.7 Å². The van der Waals surface area contributed by atoms with Crippen LogP contribution in [-0.4, -0.2) is 41.9 Å². The molecule has 1 atom stereocenters. The molecule has 6 heteroatoms. The van der Waals surface area contributed by atoms with E-state index in [2.05, 4.69) is 41.4 Å². The molecule has 1 aromatic rings. The van der Waals surface area contributed by atoms with Crippen molar-refractivity contribution >= 4 is 5.96 Å². The first-order chi connectivity index (χ1) is 12.4. The van der Waals surface area contributed by atoms with Crippen LogP contribution in [0.2, 0.25) is 0 Å². The van der Waals surface area contributed by atoms with Crippen molar-refractivity contribution in [1.29, 1.82) is 0 Å². The van der Waals surface area contributed by atoms with E-state index in [1.807, 2.05) is 26.0 Å². The maximum atomic E-state index is 9.26. The molecule has 0 bridgehead atoms. The Morgan fingerprint density at radius 3 is 2.54 bits per heavy atom.